The van der Waals surface area contributed by atoms with E-state index in [1.54, 1.807) is 7.11 Å². The minimum atomic E-state index is -0.227. The highest BCUT2D eigenvalue weighted by Crippen LogP contribution is 2.24. The van der Waals surface area contributed by atoms with Gasteiger partial charge in [0.15, 0.2) is 0 Å². The maximum atomic E-state index is 12.1. The smallest absolute Gasteiger partial charge is 0.315 e. The van der Waals surface area contributed by atoms with Gasteiger partial charge in [0.25, 0.3) is 0 Å². The van der Waals surface area contributed by atoms with Crippen LogP contribution in [-0.2, 0) is 18.6 Å². The molecule has 0 heterocycles. The van der Waals surface area contributed by atoms with Crippen molar-refractivity contribution >= 4 is 6.03 Å². The number of nitrogens with one attached hydrogen (secondary N) is 2. The Labute approximate surface area is 149 Å². The molecule has 0 atom stereocenters. The van der Waals surface area contributed by atoms with E-state index in [2.05, 4.69) is 24.5 Å². The number of urea groups is 1. The molecule has 134 valence electrons. The standard InChI is InChI=1S/C20H26N2O3/c1-20(2,17-8-10-18(25-3)11-9-17)14-22-19(24)21-12-15-6-4-5-7-16(15)13-23/h4-11,23H,12-14H2,1-3H3,(H2,21,22,24). The van der Waals surface area contributed by atoms with Crippen molar-refractivity contribution in [3.63, 3.8) is 0 Å². The van der Waals surface area contributed by atoms with Crippen LogP contribution >= 0.6 is 0 Å². The Morgan fingerprint density at radius 1 is 1.04 bits per heavy atom. The van der Waals surface area contributed by atoms with Crippen LogP contribution in [-0.4, -0.2) is 24.8 Å². The molecule has 0 saturated carbocycles. The Bertz CT molecular complexity index is 696. The van der Waals surface area contributed by atoms with E-state index in [-0.39, 0.29) is 18.1 Å². The monoisotopic (exact) mass is 342 g/mol. The molecule has 2 aromatic rings. The average Bonchev–Trinajstić information content (AvgIpc) is 2.65. The second-order valence-electron chi connectivity index (χ2n) is 6.58. The molecule has 3 N–H and O–H groups in total. The molecule has 0 radical (unpaired) electrons. The van der Waals surface area contributed by atoms with Gasteiger partial charge in [-0.3, -0.25) is 0 Å². The molecule has 2 amide bonds. The van der Waals surface area contributed by atoms with E-state index < -0.39 is 0 Å². The van der Waals surface area contributed by atoms with Crippen LogP contribution in [0.1, 0.15) is 30.5 Å². The highest BCUT2D eigenvalue weighted by Gasteiger charge is 2.21. The van der Waals surface area contributed by atoms with E-state index in [9.17, 15) is 9.90 Å². The van der Waals surface area contributed by atoms with Crippen LogP contribution in [0.3, 0.4) is 0 Å². The van der Waals surface area contributed by atoms with Gasteiger partial charge in [-0.2, -0.15) is 0 Å². The van der Waals surface area contributed by atoms with Gasteiger partial charge in [-0.05, 0) is 28.8 Å². The number of aliphatic hydroxyl groups is 1. The number of hydrogen-bond acceptors (Lipinski definition) is 3. The lowest BCUT2D eigenvalue weighted by atomic mass is 9.84. The zero-order chi connectivity index (χ0) is 18.3. The van der Waals surface area contributed by atoms with Gasteiger partial charge < -0.3 is 20.5 Å². The Morgan fingerprint density at radius 3 is 2.28 bits per heavy atom. The largest absolute Gasteiger partial charge is 0.497 e. The molecule has 0 aliphatic carbocycles. The van der Waals surface area contributed by atoms with Crippen LogP contribution in [0, 0.1) is 0 Å². The molecule has 0 bridgehead atoms. The predicted molar refractivity (Wildman–Crippen MR) is 98.6 cm³/mol. The van der Waals surface area contributed by atoms with Crippen LogP contribution in [0.25, 0.3) is 0 Å². The van der Waals surface area contributed by atoms with E-state index in [1.165, 1.54) is 0 Å². The van der Waals surface area contributed by atoms with E-state index in [0.29, 0.717) is 13.1 Å². The van der Waals surface area contributed by atoms with Gasteiger partial charge in [0, 0.05) is 18.5 Å². The molecule has 0 spiro atoms. The molecule has 25 heavy (non-hydrogen) atoms. The number of methoxy groups -OCH3 is 1. The van der Waals surface area contributed by atoms with E-state index in [0.717, 1.165) is 22.4 Å². The van der Waals surface area contributed by atoms with Gasteiger partial charge in [-0.1, -0.05) is 50.2 Å². The lowest BCUT2D eigenvalue weighted by Crippen LogP contribution is -2.42. The molecule has 0 unspecified atom stereocenters. The first kappa shape index (κ1) is 18.8. The van der Waals surface area contributed by atoms with Crippen molar-refractivity contribution in [1.82, 2.24) is 10.6 Å². The van der Waals surface area contributed by atoms with Gasteiger partial charge in [-0.25, -0.2) is 4.79 Å². The van der Waals surface area contributed by atoms with Crippen molar-refractivity contribution in [1.29, 1.82) is 0 Å². The summed E-state index contributed by atoms with van der Waals surface area (Å²) in [5.74, 6) is 0.813. The summed E-state index contributed by atoms with van der Waals surface area (Å²) in [5, 5.41) is 15.1. The van der Waals surface area contributed by atoms with E-state index in [1.807, 2.05) is 48.5 Å². The molecule has 0 fully saturated rings. The van der Waals surface area contributed by atoms with Gasteiger partial charge in [0.05, 0.1) is 13.7 Å². The van der Waals surface area contributed by atoms with Crippen molar-refractivity contribution in [2.75, 3.05) is 13.7 Å². The fraction of sp³-hybridized carbons (Fsp3) is 0.350. The van der Waals surface area contributed by atoms with Crippen molar-refractivity contribution in [2.24, 2.45) is 0 Å². The maximum Gasteiger partial charge on any atom is 0.315 e. The van der Waals surface area contributed by atoms with Crippen molar-refractivity contribution < 1.29 is 14.6 Å². The zero-order valence-corrected chi connectivity index (χ0v) is 15.0. The van der Waals surface area contributed by atoms with Crippen molar-refractivity contribution in [3.05, 3.63) is 65.2 Å². The van der Waals surface area contributed by atoms with Crippen LogP contribution in [0.4, 0.5) is 4.79 Å². The Morgan fingerprint density at radius 2 is 1.68 bits per heavy atom. The first-order valence-corrected chi connectivity index (χ1v) is 8.30. The Hall–Kier alpha value is -2.53. The second-order valence-corrected chi connectivity index (χ2v) is 6.58. The van der Waals surface area contributed by atoms with Crippen LogP contribution in [0.15, 0.2) is 48.5 Å². The van der Waals surface area contributed by atoms with Gasteiger partial charge >= 0.3 is 6.03 Å². The number of carbonyl (C=O) groups excluding carboxylic acids is 1. The normalized spacial score (nSPS) is 11.0. The summed E-state index contributed by atoms with van der Waals surface area (Å²) in [5.41, 5.74) is 2.65. The van der Waals surface area contributed by atoms with Gasteiger partial charge in [-0.15, -0.1) is 0 Å². The first-order chi connectivity index (χ1) is 12.0. The lowest BCUT2D eigenvalue weighted by Gasteiger charge is -2.26. The zero-order valence-electron chi connectivity index (χ0n) is 15.0. The Balaban J connectivity index is 1.87. The molecule has 0 aliphatic heterocycles. The quantitative estimate of drug-likeness (QED) is 0.724. The highest BCUT2D eigenvalue weighted by molar-refractivity contribution is 5.74. The number of benzene rings is 2. The third kappa shape index (κ3) is 5.22. The van der Waals surface area contributed by atoms with E-state index in [4.69, 9.17) is 4.74 Å². The maximum absolute atomic E-state index is 12.1. The number of hydrogen-bond donors (Lipinski definition) is 3. The SMILES string of the molecule is COc1ccc(C(C)(C)CNC(=O)NCc2ccccc2CO)cc1. The second kappa shape index (κ2) is 8.53. The van der Waals surface area contributed by atoms with Gasteiger partial charge in [0.1, 0.15) is 5.75 Å². The lowest BCUT2D eigenvalue weighted by molar-refractivity contribution is 0.237. The molecular weight excluding hydrogens is 316 g/mol. The Kier molecular flexibility index (Phi) is 6.42. The van der Waals surface area contributed by atoms with E-state index >= 15 is 0 Å². The molecular formula is C20H26N2O3. The number of amides is 2. The van der Waals surface area contributed by atoms with Crippen LogP contribution in [0.5, 0.6) is 5.75 Å². The number of aliphatic hydroxyl groups excluding tert-OH is 1. The molecule has 2 aromatic carbocycles. The summed E-state index contributed by atoms with van der Waals surface area (Å²) in [4.78, 5) is 12.1. The highest BCUT2D eigenvalue weighted by atomic mass is 16.5. The predicted octanol–water partition coefficient (Wildman–Crippen LogP) is 2.96. The average molecular weight is 342 g/mol. The summed E-state index contributed by atoms with van der Waals surface area (Å²) in [6.45, 7) is 5.01. The fourth-order valence-corrected chi connectivity index (χ4v) is 2.57. The molecule has 5 nitrogen and oxygen atoms in total. The molecule has 0 aliphatic rings. The molecule has 5 heteroatoms. The van der Waals surface area contributed by atoms with Crippen molar-refractivity contribution in [2.45, 2.75) is 32.4 Å². The third-order valence-corrected chi connectivity index (χ3v) is 4.29. The minimum absolute atomic E-state index is 0.0377. The van der Waals surface area contributed by atoms with Gasteiger partial charge in [0.2, 0.25) is 0 Å². The minimum Gasteiger partial charge on any atom is -0.497 e. The summed E-state index contributed by atoms with van der Waals surface area (Å²) in [6, 6.07) is 15.1. The van der Waals surface area contributed by atoms with Crippen LogP contribution < -0.4 is 15.4 Å². The summed E-state index contributed by atoms with van der Waals surface area (Å²) in [7, 11) is 1.64. The summed E-state index contributed by atoms with van der Waals surface area (Å²) < 4.78 is 5.18. The third-order valence-electron chi connectivity index (χ3n) is 4.29. The molecule has 0 aromatic heterocycles. The number of rotatable bonds is 7. The number of ether oxygens (including phenoxy) is 1. The summed E-state index contributed by atoms with van der Waals surface area (Å²) >= 11 is 0. The molecule has 0 saturated heterocycles. The first-order valence-electron chi connectivity index (χ1n) is 8.30. The molecule has 2 rings (SSSR count). The summed E-state index contributed by atoms with van der Waals surface area (Å²) in [6.07, 6.45) is 0. The fourth-order valence-electron chi connectivity index (χ4n) is 2.57. The topological polar surface area (TPSA) is 70.6 Å². The number of carbonyl (C=O) groups is 1. The van der Waals surface area contributed by atoms with Crippen molar-refractivity contribution in [3.8, 4) is 5.75 Å². The van der Waals surface area contributed by atoms with Crippen LogP contribution in [0.2, 0.25) is 0 Å².